The molecule has 5 heteroatoms. The van der Waals surface area contributed by atoms with Crippen molar-refractivity contribution >= 4 is 22.4 Å². The van der Waals surface area contributed by atoms with E-state index in [1.165, 1.54) is 24.9 Å². The number of aryl methyl sites for hydroxylation is 1. The Labute approximate surface area is 172 Å². The fourth-order valence-corrected chi connectivity index (χ4v) is 4.39. The third kappa shape index (κ3) is 3.39. The molecule has 0 unspecified atom stereocenters. The van der Waals surface area contributed by atoms with E-state index >= 15 is 0 Å². The van der Waals surface area contributed by atoms with Crippen LogP contribution in [0.4, 0.5) is 11.5 Å². The minimum absolute atomic E-state index is 0.520. The number of rotatable bonds is 4. The SMILES string of the molecule is COc1cc2c(N3CCN(c4ccccc4)CC3)nc(C3CCC3)nc2cc1C. The smallest absolute Gasteiger partial charge is 0.140 e. The predicted octanol–water partition coefficient (Wildman–Crippen LogP) is 4.54. The lowest BCUT2D eigenvalue weighted by molar-refractivity contribution is 0.402. The number of nitrogens with zero attached hydrogens (tertiary/aromatic N) is 4. The summed E-state index contributed by atoms with van der Waals surface area (Å²) in [5, 5.41) is 1.10. The standard InChI is InChI=1S/C24H28N4O/c1-17-15-21-20(16-22(17)29-2)24(26-23(25-21)18-7-6-8-18)28-13-11-27(12-14-28)19-9-4-3-5-10-19/h3-5,9-10,15-16,18H,6-8,11-14H2,1-2H3. The van der Waals surface area contributed by atoms with Crippen LogP contribution in [0.5, 0.6) is 5.75 Å². The first-order valence-corrected chi connectivity index (χ1v) is 10.6. The van der Waals surface area contributed by atoms with E-state index in [2.05, 4.69) is 59.2 Å². The van der Waals surface area contributed by atoms with Crippen LogP contribution >= 0.6 is 0 Å². The summed E-state index contributed by atoms with van der Waals surface area (Å²) in [5.74, 6) is 3.52. The molecule has 3 aromatic rings. The van der Waals surface area contributed by atoms with E-state index in [1.807, 2.05) is 0 Å². The van der Waals surface area contributed by atoms with E-state index in [9.17, 15) is 0 Å². The first-order valence-electron chi connectivity index (χ1n) is 10.6. The van der Waals surface area contributed by atoms with Gasteiger partial charge >= 0.3 is 0 Å². The highest BCUT2D eigenvalue weighted by Crippen LogP contribution is 2.38. The summed E-state index contributed by atoms with van der Waals surface area (Å²) in [6.07, 6.45) is 3.71. The predicted molar refractivity (Wildman–Crippen MR) is 118 cm³/mol. The zero-order valence-corrected chi connectivity index (χ0v) is 17.3. The number of methoxy groups -OCH3 is 1. The first-order chi connectivity index (χ1) is 14.2. The summed E-state index contributed by atoms with van der Waals surface area (Å²) in [4.78, 5) is 14.9. The number of para-hydroxylation sites is 1. The molecule has 1 saturated carbocycles. The molecule has 0 radical (unpaired) electrons. The van der Waals surface area contributed by atoms with E-state index < -0.39 is 0 Å². The Balaban J connectivity index is 1.49. The van der Waals surface area contributed by atoms with Crippen LogP contribution in [0.1, 0.15) is 36.6 Å². The Morgan fingerprint density at radius 1 is 0.931 bits per heavy atom. The van der Waals surface area contributed by atoms with Crippen molar-refractivity contribution in [3.8, 4) is 5.75 Å². The van der Waals surface area contributed by atoms with Crippen molar-refractivity contribution in [1.29, 1.82) is 0 Å². The molecule has 1 saturated heterocycles. The van der Waals surface area contributed by atoms with Gasteiger partial charge in [-0.1, -0.05) is 24.6 Å². The van der Waals surface area contributed by atoms with Crippen molar-refractivity contribution < 1.29 is 4.74 Å². The lowest BCUT2D eigenvalue weighted by Gasteiger charge is -2.37. The summed E-state index contributed by atoms with van der Waals surface area (Å²) in [7, 11) is 1.73. The zero-order chi connectivity index (χ0) is 19.8. The molecule has 2 aliphatic rings. The molecule has 0 spiro atoms. The fourth-order valence-electron chi connectivity index (χ4n) is 4.39. The van der Waals surface area contributed by atoms with E-state index in [1.54, 1.807) is 7.11 Å². The maximum absolute atomic E-state index is 5.60. The van der Waals surface area contributed by atoms with Gasteiger partial charge in [-0.3, -0.25) is 0 Å². The number of hydrogen-bond acceptors (Lipinski definition) is 5. The average molecular weight is 389 g/mol. The highest BCUT2D eigenvalue weighted by atomic mass is 16.5. The molecule has 5 rings (SSSR count). The monoisotopic (exact) mass is 388 g/mol. The van der Waals surface area contributed by atoms with Gasteiger partial charge in [0, 0.05) is 43.2 Å². The summed E-state index contributed by atoms with van der Waals surface area (Å²) < 4.78 is 5.60. The molecule has 2 heterocycles. The second-order valence-electron chi connectivity index (χ2n) is 8.18. The molecular weight excluding hydrogens is 360 g/mol. The zero-order valence-electron chi connectivity index (χ0n) is 17.3. The molecule has 1 aliphatic carbocycles. The molecule has 1 aromatic heterocycles. The number of piperazine rings is 1. The van der Waals surface area contributed by atoms with Crippen LogP contribution in [0.15, 0.2) is 42.5 Å². The molecule has 29 heavy (non-hydrogen) atoms. The normalized spacial score (nSPS) is 17.4. The van der Waals surface area contributed by atoms with Gasteiger partial charge in [-0.2, -0.15) is 0 Å². The number of aromatic nitrogens is 2. The second-order valence-corrected chi connectivity index (χ2v) is 8.18. The van der Waals surface area contributed by atoms with Gasteiger partial charge in [0.25, 0.3) is 0 Å². The third-order valence-corrected chi connectivity index (χ3v) is 6.38. The van der Waals surface area contributed by atoms with Gasteiger partial charge < -0.3 is 14.5 Å². The minimum atomic E-state index is 0.520. The fraction of sp³-hybridized carbons (Fsp3) is 0.417. The number of fused-ring (bicyclic) bond motifs is 1. The lowest BCUT2D eigenvalue weighted by atomic mass is 9.85. The summed E-state index contributed by atoms with van der Waals surface area (Å²) in [6.45, 7) is 6.00. The topological polar surface area (TPSA) is 41.5 Å². The molecule has 2 fully saturated rings. The number of hydrogen-bond donors (Lipinski definition) is 0. The minimum Gasteiger partial charge on any atom is -0.496 e. The van der Waals surface area contributed by atoms with Gasteiger partial charge in [-0.05, 0) is 49.6 Å². The van der Waals surface area contributed by atoms with E-state index in [4.69, 9.17) is 14.7 Å². The van der Waals surface area contributed by atoms with Crippen molar-refractivity contribution in [3.05, 3.63) is 53.9 Å². The number of ether oxygens (including phenoxy) is 1. The van der Waals surface area contributed by atoms with Crippen LogP contribution in [-0.2, 0) is 0 Å². The Morgan fingerprint density at radius 2 is 1.66 bits per heavy atom. The van der Waals surface area contributed by atoms with Gasteiger partial charge in [0.2, 0.25) is 0 Å². The van der Waals surface area contributed by atoms with Crippen LogP contribution in [0.25, 0.3) is 10.9 Å². The molecule has 5 nitrogen and oxygen atoms in total. The van der Waals surface area contributed by atoms with Gasteiger partial charge in [0.05, 0.1) is 12.6 Å². The third-order valence-electron chi connectivity index (χ3n) is 6.38. The average Bonchev–Trinajstić information content (AvgIpc) is 2.72. The largest absolute Gasteiger partial charge is 0.496 e. The first kappa shape index (κ1) is 18.2. The summed E-state index contributed by atoms with van der Waals surface area (Å²) >= 11 is 0. The maximum atomic E-state index is 5.60. The molecule has 0 atom stereocenters. The number of benzene rings is 2. The van der Waals surface area contributed by atoms with Crippen molar-refractivity contribution in [1.82, 2.24) is 9.97 Å². The van der Waals surface area contributed by atoms with Crippen molar-refractivity contribution in [2.24, 2.45) is 0 Å². The molecule has 150 valence electrons. The molecule has 1 aliphatic heterocycles. The Hall–Kier alpha value is -2.82. The highest BCUT2D eigenvalue weighted by Gasteiger charge is 2.26. The van der Waals surface area contributed by atoms with Crippen LogP contribution in [0.3, 0.4) is 0 Å². The van der Waals surface area contributed by atoms with Crippen molar-refractivity contribution in [3.63, 3.8) is 0 Å². The lowest BCUT2D eigenvalue weighted by Crippen LogP contribution is -2.47. The summed E-state index contributed by atoms with van der Waals surface area (Å²) in [6, 6.07) is 15.0. The second kappa shape index (κ2) is 7.54. The Morgan fingerprint density at radius 3 is 2.31 bits per heavy atom. The van der Waals surface area contributed by atoms with Crippen molar-refractivity contribution in [2.75, 3.05) is 43.1 Å². The molecule has 0 bridgehead atoms. The van der Waals surface area contributed by atoms with Crippen LogP contribution in [-0.4, -0.2) is 43.3 Å². The van der Waals surface area contributed by atoms with E-state index in [0.717, 1.165) is 60.0 Å². The molecular formula is C24H28N4O. The van der Waals surface area contributed by atoms with Gasteiger partial charge in [0.1, 0.15) is 17.4 Å². The van der Waals surface area contributed by atoms with Crippen molar-refractivity contribution in [2.45, 2.75) is 32.1 Å². The Bertz CT molecular complexity index is 1010. The van der Waals surface area contributed by atoms with E-state index in [-0.39, 0.29) is 0 Å². The van der Waals surface area contributed by atoms with Crippen LogP contribution in [0, 0.1) is 6.92 Å². The molecule has 0 N–H and O–H groups in total. The summed E-state index contributed by atoms with van der Waals surface area (Å²) in [5.41, 5.74) is 3.46. The Kier molecular flexibility index (Phi) is 4.74. The van der Waals surface area contributed by atoms with Gasteiger partial charge in [0.15, 0.2) is 0 Å². The molecule has 0 amide bonds. The van der Waals surface area contributed by atoms with E-state index in [0.29, 0.717) is 5.92 Å². The maximum Gasteiger partial charge on any atom is 0.140 e. The number of anilines is 2. The highest BCUT2D eigenvalue weighted by molar-refractivity contribution is 5.91. The molecule has 2 aromatic carbocycles. The van der Waals surface area contributed by atoms with Crippen LogP contribution in [0.2, 0.25) is 0 Å². The quantitative estimate of drug-likeness (QED) is 0.656. The van der Waals surface area contributed by atoms with Gasteiger partial charge in [-0.25, -0.2) is 9.97 Å². The van der Waals surface area contributed by atoms with Crippen LogP contribution < -0.4 is 14.5 Å². The van der Waals surface area contributed by atoms with Gasteiger partial charge in [-0.15, -0.1) is 0 Å².